The number of rotatable bonds is 4. The van der Waals surface area contributed by atoms with Crippen LogP contribution in [-0.4, -0.2) is 34.3 Å². The first kappa shape index (κ1) is 19.5. The average molecular weight is 335 g/mol. The highest BCUT2D eigenvalue weighted by Gasteiger charge is 2.20. The monoisotopic (exact) mass is 335 g/mol. The molecule has 24 heavy (non-hydrogen) atoms. The van der Waals surface area contributed by atoms with E-state index in [4.69, 9.17) is 9.47 Å². The summed E-state index contributed by atoms with van der Waals surface area (Å²) in [5, 5.41) is 9.84. The van der Waals surface area contributed by atoms with Crippen molar-refractivity contribution in [3.05, 3.63) is 30.0 Å². The fraction of sp³-hybridized carbons (Fsp3) is 0.444. The number of carbonyl (C=O) groups excluding carboxylic acids is 1. The molecule has 0 fully saturated rings. The first-order valence-corrected chi connectivity index (χ1v) is 7.83. The van der Waals surface area contributed by atoms with Crippen molar-refractivity contribution in [1.29, 1.82) is 0 Å². The second-order valence-electron chi connectivity index (χ2n) is 5.95. The number of hydrogen-bond donors (Lipinski definition) is 1. The van der Waals surface area contributed by atoms with Crippen LogP contribution in [-0.2, 0) is 16.1 Å². The third kappa shape index (κ3) is 4.75. The Labute approximate surface area is 142 Å². The van der Waals surface area contributed by atoms with Crippen molar-refractivity contribution in [2.24, 2.45) is 0 Å². The summed E-state index contributed by atoms with van der Waals surface area (Å²) < 4.78 is 12.0. The summed E-state index contributed by atoms with van der Waals surface area (Å²) in [5.41, 5.74) is 0.164. The Morgan fingerprint density at radius 3 is 2.33 bits per heavy atom. The Morgan fingerprint density at radius 1 is 1.21 bits per heavy atom. The van der Waals surface area contributed by atoms with Crippen LogP contribution < -0.4 is 4.74 Å². The van der Waals surface area contributed by atoms with E-state index in [1.54, 1.807) is 43.5 Å². The maximum Gasteiger partial charge on any atom is 0.337 e. The predicted octanol–water partition coefficient (Wildman–Crippen LogP) is 3.72. The molecule has 1 heterocycles. The summed E-state index contributed by atoms with van der Waals surface area (Å²) >= 11 is 0. The van der Waals surface area contributed by atoms with Crippen molar-refractivity contribution in [2.45, 2.75) is 46.8 Å². The summed E-state index contributed by atoms with van der Waals surface area (Å²) in [6.07, 6.45) is 1.44. The van der Waals surface area contributed by atoms with E-state index < -0.39 is 17.5 Å². The van der Waals surface area contributed by atoms with E-state index in [2.05, 4.69) is 0 Å². The number of nitrogens with zero attached hydrogens (tertiary/aromatic N) is 1. The Balaban J connectivity index is 0.00000139. The van der Waals surface area contributed by atoms with E-state index in [-0.39, 0.29) is 12.1 Å². The quantitative estimate of drug-likeness (QED) is 0.862. The molecule has 132 valence electrons. The molecule has 0 saturated heterocycles. The molecule has 0 bridgehead atoms. The summed E-state index contributed by atoms with van der Waals surface area (Å²) in [5.74, 6) is -0.879. The lowest BCUT2D eigenvalue weighted by Gasteiger charge is -2.19. The Bertz CT molecular complexity index is 725. The van der Waals surface area contributed by atoms with Crippen LogP contribution in [0.15, 0.2) is 24.4 Å². The second-order valence-corrected chi connectivity index (χ2v) is 5.95. The maximum atomic E-state index is 12.0. The molecule has 0 aliphatic rings. The van der Waals surface area contributed by atoms with E-state index in [0.29, 0.717) is 16.7 Å². The number of methoxy groups -OCH3 is 1. The molecule has 2 rings (SSSR count). The van der Waals surface area contributed by atoms with Crippen molar-refractivity contribution in [2.75, 3.05) is 7.11 Å². The van der Waals surface area contributed by atoms with Gasteiger partial charge in [0.05, 0.1) is 18.2 Å². The molecule has 0 aliphatic heterocycles. The molecule has 0 saturated carbocycles. The van der Waals surface area contributed by atoms with E-state index >= 15 is 0 Å². The summed E-state index contributed by atoms with van der Waals surface area (Å²) in [6, 6.07) is 5.06. The number of carbonyl (C=O) groups is 2. The minimum absolute atomic E-state index is 0.0613. The van der Waals surface area contributed by atoms with Gasteiger partial charge in [-0.15, -0.1) is 0 Å². The molecule has 0 atom stereocenters. The van der Waals surface area contributed by atoms with E-state index in [9.17, 15) is 14.7 Å². The third-order valence-corrected chi connectivity index (χ3v) is 3.04. The van der Waals surface area contributed by atoms with Crippen molar-refractivity contribution in [1.82, 2.24) is 4.57 Å². The van der Waals surface area contributed by atoms with Crippen LogP contribution in [0.2, 0.25) is 0 Å². The lowest BCUT2D eigenvalue weighted by atomic mass is 10.2. The molecule has 0 spiro atoms. The van der Waals surface area contributed by atoms with Gasteiger partial charge in [-0.05, 0) is 32.9 Å². The predicted molar refractivity (Wildman–Crippen MR) is 92.6 cm³/mol. The highest BCUT2D eigenvalue weighted by Crippen LogP contribution is 2.26. The Kier molecular flexibility index (Phi) is 6.40. The van der Waals surface area contributed by atoms with Gasteiger partial charge >= 0.3 is 11.9 Å². The van der Waals surface area contributed by atoms with Gasteiger partial charge in [-0.1, -0.05) is 13.8 Å². The second kappa shape index (κ2) is 7.86. The van der Waals surface area contributed by atoms with Gasteiger partial charge in [-0.3, -0.25) is 4.79 Å². The van der Waals surface area contributed by atoms with Gasteiger partial charge in [0.1, 0.15) is 17.9 Å². The van der Waals surface area contributed by atoms with Gasteiger partial charge in [0.25, 0.3) is 0 Å². The fourth-order valence-electron chi connectivity index (χ4n) is 2.21. The lowest BCUT2D eigenvalue weighted by Crippen LogP contribution is -2.26. The van der Waals surface area contributed by atoms with Crippen LogP contribution in [0.4, 0.5) is 0 Å². The highest BCUT2D eigenvalue weighted by atomic mass is 16.6. The number of carboxylic acids is 1. The Hall–Kier alpha value is -2.50. The number of aromatic nitrogens is 1. The largest absolute Gasteiger partial charge is 0.497 e. The third-order valence-electron chi connectivity index (χ3n) is 3.04. The van der Waals surface area contributed by atoms with Gasteiger partial charge in [0, 0.05) is 17.6 Å². The number of aromatic carboxylic acids is 1. The van der Waals surface area contributed by atoms with E-state index in [0.717, 1.165) is 0 Å². The minimum Gasteiger partial charge on any atom is -0.497 e. The average Bonchev–Trinajstić information content (AvgIpc) is 2.85. The van der Waals surface area contributed by atoms with Crippen molar-refractivity contribution < 1.29 is 24.2 Å². The van der Waals surface area contributed by atoms with Crippen LogP contribution in [0.1, 0.15) is 45.0 Å². The molecule has 1 aromatic carbocycles. The molecule has 0 unspecified atom stereocenters. The zero-order valence-corrected chi connectivity index (χ0v) is 15.0. The highest BCUT2D eigenvalue weighted by molar-refractivity contribution is 6.04. The number of carboxylic acid groups (broad SMARTS) is 1. The minimum atomic E-state index is -1.04. The smallest absolute Gasteiger partial charge is 0.337 e. The normalized spacial score (nSPS) is 10.8. The lowest BCUT2D eigenvalue weighted by molar-refractivity contribution is -0.155. The van der Waals surface area contributed by atoms with Crippen LogP contribution in [0, 0.1) is 0 Å². The molecule has 0 aliphatic carbocycles. The van der Waals surface area contributed by atoms with Crippen LogP contribution in [0.5, 0.6) is 5.75 Å². The standard InChI is InChI=1S/C16H19NO5.C2H6/c1-16(2,3)22-14(18)9-17-8-12(15(19)20)11-6-5-10(21-4)7-13(11)17;1-2/h5-8H,9H2,1-4H3,(H,19,20);1-2H3. The van der Waals surface area contributed by atoms with E-state index in [1.165, 1.54) is 13.3 Å². The fourth-order valence-corrected chi connectivity index (χ4v) is 2.21. The molecule has 6 nitrogen and oxygen atoms in total. The van der Waals surface area contributed by atoms with Crippen molar-refractivity contribution >= 4 is 22.8 Å². The number of benzene rings is 1. The van der Waals surface area contributed by atoms with Gasteiger partial charge in [0.15, 0.2) is 0 Å². The molecule has 2 aromatic rings. The summed E-state index contributed by atoms with van der Waals surface area (Å²) in [6.45, 7) is 9.29. The first-order valence-electron chi connectivity index (χ1n) is 7.83. The van der Waals surface area contributed by atoms with Crippen LogP contribution >= 0.6 is 0 Å². The van der Waals surface area contributed by atoms with Gasteiger partial charge in [-0.2, -0.15) is 0 Å². The Morgan fingerprint density at radius 2 is 1.83 bits per heavy atom. The summed E-state index contributed by atoms with van der Waals surface area (Å²) in [4.78, 5) is 23.3. The number of fused-ring (bicyclic) bond motifs is 1. The molecular weight excluding hydrogens is 310 g/mol. The molecule has 1 aromatic heterocycles. The van der Waals surface area contributed by atoms with Crippen LogP contribution in [0.3, 0.4) is 0 Å². The number of esters is 1. The van der Waals surface area contributed by atoms with Crippen molar-refractivity contribution in [3.8, 4) is 5.75 Å². The van der Waals surface area contributed by atoms with Gasteiger partial charge in [-0.25, -0.2) is 4.79 Å². The SMILES string of the molecule is CC.COc1ccc2c(C(=O)O)cn(CC(=O)OC(C)(C)C)c2c1. The topological polar surface area (TPSA) is 77.8 Å². The molecular formula is C18H25NO5. The molecule has 6 heteroatoms. The van der Waals surface area contributed by atoms with Crippen LogP contribution in [0.25, 0.3) is 10.9 Å². The van der Waals surface area contributed by atoms with E-state index in [1.807, 2.05) is 13.8 Å². The van der Waals surface area contributed by atoms with Gasteiger partial charge in [0.2, 0.25) is 0 Å². The number of hydrogen-bond acceptors (Lipinski definition) is 4. The number of ether oxygens (including phenoxy) is 2. The molecule has 0 radical (unpaired) electrons. The van der Waals surface area contributed by atoms with Gasteiger partial charge < -0.3 is 19.1 Å². The maximum absolute atomic E-state index is 12.0. The summed E-state index contributed by atoms with van der Waals surface area (Å²) in [7, 11) is 1.53. The molecule has 0 amide bonds. The zero-order chi connectivity index (χ0) is 18.5. The zero-order valence-electron chi connectivity index (χ0n) is 15.0. The first-order chi connectivity index (χ1) is 11.2. The van der Waals surface area contributed by atoms with Crippen molar-refractivity contribution in [3.63, 3.8) is 0 Å². The molecule has 1 N–H and O–H groups in total.